The molecule has 0 spiro atoms. The Kier molecular flexibility index (Phi) is 5.44. The number of thioether (sulfide) groups is 1. The maximum Gasteiger partial charge on any atom is 0.241 e. The third kappa shape index (κ3) is 4.36. The van der Waals surface area contributed by atoms with Crippen LogP contribution >= 0.6 is 11.8 Å². The summed E-state index contributed by atoms with van der Waals surface area (Å²) in [7, 11) is 0. The summed E-state index contributed by atoms with van der Waals surface area (Å²) in [6, 6.07) is 3.98. The summed E-state index contributed by atoms with van der Waals surface area (Å²) >= 11 is 1.63. The monoisotopic (exact) mass is 256 g/mol. The molecule has 1 rings (SSSR count). The minimum absolute atomic E-state index is 0.189. The van der Waals surface area contributed by atoms with Crippen molar-refractivity contribution in [3.05, 3.63) is 29.6 Å². The number of rotatable bonds is 5. The minimum Gasteiger partial charge on any atom is -0.322 e. The van der Waals surface area contributed by atoms with Gasteiger partial charge in [-0.3, -0.25) is 4.79 Å². The second-order valence-corrected chi connectivity index (χ2v) is 4.85. The number of carbonyl (C=O) groups excluding carboxylic acids is 1. The highest BCUT2D eigenvalue weighted by Crippen LogP contribution is 2.16. The van der Waals surface area contributed by atoms with Crippen LogP contribution in [0.15, 0.2) is 18.2 Å². The number of carbonyl (C=O) groups is 1. The summed E-state index contributed by atoms with van der Waals surface area (Å²) in [5, 5.41) is 2.51. The molecular weight excluding hydrogens is 239 g/mol. The highest BCUT2D eigenvalue weighted by Gasteiger charge is 2.14. The van der Waals surface area contributed by atoms with Crippen LogP contribution in [0.25, 0.3) is 0 Å². The van der Waals surface area contributed by atoms with Gasteiger partial charge < -0.3 is 11.1 Å². The van der Waals surface area contributed by atoms with E-state index >= 15 is 0 Å². The Morgan fingerprint density at radius 2 is 2.29 bits per heavy atom. The topological polar surface area (TPSA) is 55.1 Å². The second kappa shape index (κ2) is 6.61. The zero-order valence-electron chi connectivity index (χ0n) is 10.00. The number of amides is 1. The maximum atomic E-state index is 13.4. The second-order valence-electron chi connectivity index (χ2n) is 3.86. The van der Waals surface area contributed by atoms with Crippen molar-refractivity contribution < 1.29 is 9.18 Å². The van der Waals surface area contributed by atoms with E-state index in [1.807, 2.05) is 13.2 Å². The Bertz CT molecular complexity index is 398. The van der Waals surface area contributed by atoms with E-state index in [4.69, 9.17) is 5.73 Å². The lowest BCUT2D eigenvalue weighted by atomic mass is 10.2. The van der Waals surface area contributed by atoms with Crippen molar-refractivity contribution in [2.75, 3.05) is 17.3 Å². The van der Waals surface area contributed by atoms with E-state index in [0.717, 1.165) is 11.3 Å². The fourth-order valence-corrected chi connectivity index (χ4v) is 1.83. The van der Waals surface area contributed by atoms with Gasteiger partial charge in [0.1, 0.15) is 5.82 Å². The van der Waals surface area contributed by atoms with Gasteiger partial charge >= 0.3 is 0 Å². The maximum absolute atomic E-state index is 13.4. The number of nitrogens with one attached hydrogen (secondary N) is 1. The fourth-order valence-electron chi connectivity index (χ4n) is 1.34. The summed E-state index contributed by atoms with van der Waals surface area (Å²) in [5.41, 5.74) is 6.77. The highest BCUT2D eigenvalue weighted by molar-refractivity contribution is 7.98. The van der Waals surface area contributed by atoms with Crippen LogP contribution in [0.3, 0.4) is 0 Å². The Morgan fingerprint density at radius 1 is 1.59 bits per heavy atom. The van der Waals surface area contributed by atoms with Crippen molar-refractivity contribution in [2.45, 2.75) is 19.4 Å². The summed E-state index contributed by atoms with van der Waals surface area (Å²) in [6.45, 7) is 1.84. The van der Waals surface area contributed by atoms with Gasteiger partial charge in [0, 0.05) is 0 Å². The van der Waals surface area contributed by atoms with Crippen LogP contribution in [0.4, 0.5) is 10.1 Å². The Balaban J connectivity index is 2.64. The lowest BCUT2D eigenvalue weighted by Gasteiger charge is -2.12. The van der Waals surface area contributed by atoms with Gasteiger partial charge in [0.25, 0.3) is 0 Å². The first-order chi connectivity index (χ1) is 8.04. The molecule has 94 valence electrons. The third-order valence-electron chi connectivity index (χ3n) is 2.35. The zero-order chi connectivity index (χ0) is 12.8. The number of hydrogen-bond donors (Lipinski definition) is 2. The summed E-state index contributed by atoms with van der Waals surface area (Å²) < 4.78 is 13.4. The van der Waals surface area contributed by atoms with Gasteiger partial charge in [-0.2, -0.15) is 11.8 Å². The SMILES string of the molecule is CSCC[C@@H](N)C(=O)Nc1cc(C)ccc1F. The Labute approximate surface area is 105 Å². The molecule has 3 nitrogen and oxygen atoms in total. The predicted molar refractivity (Wildman–Crippen MR) is 70.7 cm³/mol. The molecule has 0 aliphatic carbocycles. The van der Waals surface area contributed by atoms with Gasteiger partial charge in [0.2, 0.25) is 5.91 Å². The quantitative estimate of drug-likeness (QED) is 0.848. The van der Waals surface area contributed by atoms with Crippen LogP contribution < -0.4 is 11.1 Å². The number of anilines is 1. The van der Waals surface area contributed by atoms with Crippen molar-refractivity contribution >= 4 is 23.4 Å². The van der Waals surface area contributed by atoms with Gasteiger partial charge in [-0.1, -0.05) is 6.07 Å². The van der Waals surface area contributed by atoms with Crippen LogP contribution in [-0.2, 0) is 4.79 Å². The van der Waals surface area contributed by atoms with Crippen LogP contribution in [-0.4, -0.2) is 24.0 Å². The van der Waals surface area contributed by atoms with Gasteiger partial charge in [0.15, 0.2) is 0 Å². The molecule has 1 amide bonds. The molecule has 5 heteroatoms. The number of hydrogen-bond acceptors (Lipinski definition) is 3. The molecule has 0 saturated carbocycles. The molecule has 0 aliphatic rings. The Hall–Kier alpha value is -1.07. The van der Waals surface area contributed by atoms with Crippen molar-refractivity contribution in [1.82, 2.24) is 0 Å². The number of benzene rings is 1. The standard InChI is InChI=1S/C12H17FN2OS/c1-8-3-4-9(13)11(7-8)15-12(16)10(14)5-6-17-2/h3-4,7,10H,5-6,14H2,1-2H3,(H,15,16)/t10-/m1/s1. The lowest BCUT2D eigenvalue weighted by molar-refractivity contribution is -0.117. The molecule has 0 unspecified atom stereocenters. The zero-order valence-corrected chi connectivity index (χ0v) is 10.8. The van der Waals surface area contributed by atoms with E-state index < -0.39 is 11.9 Å². The normalized spacial score (nSPS) is 12.2. The van der Waals surface area contributed by atoms with E-state index in [1.165, 1.54) is 6.07 Å². The van der Waals surface area contributed by atoms with Crippen molar-refractivity contribution in [3.8, 4) is 0 Å². The summed E-state index contributed by atoms with van der Waals surface area (Å²) in [5.74, 6) is 0.0230. The molecule has 0 aliphatic heterocycles. The Morgan fingerprint density at radius 3 is 2.94 bits per heavy atom. The van der Waals surface area contributed by atoms with Crippen LogP contribution in [0, 0.1) is 12.7 Å². The van der Waals surface area contributed by atoms with E-state index in [1.54, 1.807) is 23.9 Å². The molecule has 0 aromatic heterocycles. The van der Waals surface area contributed by atoms with Gasteiger partial charge in [-0.25, -0.2) is 4.39 Å². The van der Waals surface area contributed by atoms with Crippen LogP contribution in [0.5, 0.6) is 0 Å². The van der Waals surface area contributed by atoms with E-state index in [-0.39, 0.29) is 11.6 Å². The molecule has 3 N–H and O–H groups in total. The van der Waals surface area contributed by atoms with E-state index in [9.17, 15) is 9.18 Å². The lowest BCUT2D eigenvalue weighted by Crippen LogP contribution is -2.36. The highest BCUT2D eigenvalue weighted by atomic mass is 32.2. The van der Waals surface area contributed by atoms with E-state index in [2.05, 4.69) is 5.32 Å². The summed E-state index contributed by atoms with van der Waals surface area (Å²) in [4.78, 5) is 11.7. The molecular formula is C12H17FN2OS. The molecule has 0 bridgehead atoms. The number of aryl methyl sites for hydroxylation is 1. The average molecular weight is 256 g/mol. The van der Waals surface area contributed by atoms with Crippen LogP contribution in [0.1, 0.15) is 12.0 Å². The molecule has 0 radical (unpaired) electrons. The third-order valence-corrected chi connectivity index (χ3v) is 2.99. The summed E-state index contributed by atoms with van der Waals surface area (Å²) in [6.07, 6.45) is 2.53. The van der Waals surface area contributed by atoms with Gasteiger partial charge in [-0.05, 0) is 43.0 Å². The van der Waals surface area contributed by atoms with E-state index in [0.29, 0.717) is 6.42 Å². The molecule has 1 aromatic rings. The molecule has 1 aromatic carbocycles. The van der Waals surface area contributed by atoms with Crippen molar-refractivity contribution in [1.29, 1.82) is 0 Å². The van der Waals surface area contributed by atoms with Crippen molar-refractivity contribution in [2.24, 2.45) is 5.73 Å². The molecule has 0 fully saturated rings. The van der Waals surface area contributed by atoms with Gasteiger partial charge in [-0.15, -0.1) is 0 Å². The van der Waals surface area contributed by atoms with Crippen LogP contribution in [0.2, 0.25) is 0 Å². The predicted octanol–water partition coefficient (Wildman–Crippen LogP) is 2.15. The first-order valence-corrected chi connectivity index (χ1v) is 6.75. The first-order valence-electron chi connectivity index (χ1n) is 5.36. The molecule has 17 heavy (non-hydrogen) atoms. The minimum atomic E-state index is -0.595. The molecule has 0 saturated heterocycles. The number of nitrogens with two attached hydrogens (primary N) is 1. The molecule has 1 atom stereocenters. The first kappa shape index (κ1) is 14.0. The molecule has 0 heterocycles. The van der Waals surface area contributed by atoms with Gasteiger partial charge in [0.05, 0.1) is 11.7 Å². The largest absolute Gasteiger partial charge is 0.322 e. The fraction of sp³-hybridized carbons (Fsp3) is 0.417. The average Bonchev–Trinajstić information content (AvgIpc) is 2.30. The smallest absolute Gasteiger partial charge is 0.241 e. The number of halogens is 1. The van der Waals surface area contributed by atoms with Crippen molar-refractivity contribution in [3.63, 3.8) is 0 Å².